The van der Waals surface area contributed by atoms with Crippen LogP contribution in [0.5, 0.6) is 0 Å². The van der Waals surface area contributed by atoms with Crippen molar-refractivity contribution in [2.45, 2.75) is 0 Å². The maximum atomic E-state index is 6.97. The van der Waals surface area contributed by atoms with Gasteiger partial charge in [-0.05, 0) is 39.3 Å². The zero-order chi connectivity index (χ0) is 28.3. The third-order valence-corrected chi connectivity index (χ3v) is 8.29. The minimum absolute atomic E-state index is 0.509. The average molecular weight is 550 g/mol. The Morgan fingerprint density at radius 1 is 0.419 bits per heavy atom. The first-order valence-electron chi connectivity index (χ1n) is 14.4. The SMILES string of the molecule is c1ccc(-c2nc(-c3ccccc3)nc(-c3oc4c5c(cc6ccccc64)-c4ccccc4-c4ccccc4-c35)n2)cc1. The lowest BCUT2D eigenvalue weighted by Gasteiger charge is -2.12. The van der Waals surface area contributed by atoms with Crippen molar-refractivity contribution in [3.63, 3.8) is 0 Å². The van der Waals surface area contributed by atoms with E-state index >= 15 is 0 Å². The van der Waals surface area contributed by atoms with Crippen LogP contribution in [0.1, 0.15) is 0 Å². The van der Waals surface area contributed by atoms with E-state index in [1.807, 2.05) is 60.7 Å². The van der Waals surface area contributed by atoms with E-state index < -0.39 is 0 Å². The van der Waals surface area contributed by atoms with Crippen LogP contribution in [-0.2, 0) is 0 Å². The van der Waals surface area contributed by atoms with Crippen molar-refractivity contribution in [1.29, 1.82) is 0 Å². The first kappa shape index (κ1) is 23.8. The molecule has 2 heterocycles. The van der Waals surface area contributed by atoms with Gasteiger partial charge in [0.05, 0.1) is 0 Å². The molecule has 4 nitrogen and oxygen atoms in total. The van der Waals surface area contributed by atoms with E-state index in [1.54, 1.807) is 0 Å². The summed E-state index contributed by atoms with van der Waals surface area (Å²) in [7, 11) is 0. The van der Waals surface area contributed by atoms with Crippen molar-refractivity contribution in [3.05, 3.63) is 140 Å². The predicted molar refractivity (Wildman–Crippen MR) is 173 cm³/mol. The summed E-state index contributed by atoms with van der Waals surface area (Å²) >= 11 is 0. The molecule has 8 aromatic rings. The van der Waals surface area contributed by atoms with Crippen molar-refractivity contribution in [2.75, 3.05) is 0 Å². The van der Waals surface area contributed by atoms with Gasteiger partial charge < -0.3 is 4.42 Å². The number of rotatable bonds is 3. The Morgan fingerprint density at radius 2 is 0.907 bits per heavy atom. The summed E-state index contributed by atoms with van der Waals surface area (Å²) in [5, 5.41) is 3.27. The minimum atomic E-state index is 0.509. The van der Waals surface area contributed by atoms with Crippen molar-refractivity contribution in [1.82, 2.24) is 15.0 Å². The molecular formula is C39H23N3O. The molecule has 0 N–H and O–H groups in total. The first-order chi connectivity index (χ1) is 21.3. The summed E-state index contributed by atoms with van der Waals surface area (Å²) < 4.78 is 6.97. The fourth-order valence-electron chi connectivity index (χ4n) is 6.36. The fourth-order valence-corrected chi connectivity index (χ4v) is 6.36. The second kappa shape index (κ2) is 9.33. The summed E-state index contributed by atoms with van der Waals surface area (Å²) in [5.41, 5.74) is 9.47. The molecule has 0 bridgehead atoms. The molecule has 1 aliphatic rings. The van der Waals surface area contributed by atoms with Gasteiger partial charge in [-0.15, -0.1) is 0 Å². The summed E-state index contributed by atoms with van der Waals surface area (Å²) in [6.45, 7) is 0. The van der Waals surface area contributed by atoms with Crippen LogP contribution in [0.4, 0.5) is 0 Å². The van der Waals surface area contributed by atoms with Crippen LogP contribution < -0.4 is 0 Å². The van der Waals surface area contributed by atoms with E-state index in [-0.39, 0.29) is 0 Å². The molecule has 43 heavy (non-hydrogen) atoms. The van der Waals surface area contributed by atoms with Crippen molar-refractivity contribution in [2.24, 2.45) is 0 Å². The molecule has 9 rings (SSSR count). The maximum absolute atomic E-state index is 6.97. The number of nitrogens with zero attached hydrogens (tertiary/aromatic N) is 3. The average Bonchev–Trinajstić information content (AvgIpc) is 3.44. The van der Waals surface area contributed by atoms with Crippen molar-refractivity contribution in [3.8, 4) is 67.7 Å². The van der Waals surface area contributed by atoms with Crippen LogP contribution in [0.25, 0.3) is 89.5 Å². The molecule has 4 heteroatoms. The molecule has 0 aliphatic heterocycles. The maximum Gasteiger partial charge on any atom is 0.200 e. The molecule has 6 aromatic carbocycles. The van der Waals surface area contributed by atoms with Gasteiger partial charge in [-0.1, -0.05) is 133 Å². The highest BCUT2D eigenvalue weighted by Gasteiger charge is 2.30. The van der Waals surface area contributed by atoms with Gasteiger partial charge in [0.1, 0.15) is 5.58 Å². The van der Waals surface area contributed by atoms with Crippen molar-refractivity contribution >= 4 is 21.7 Å². The van der Waals surface area contributed by atoms with E-state index in [2.05, 4.69) is 78.9 Å². The fraction of sp³-hybridized carbons (Fsp3) is 0. The Bertz CT molecular complexity index is 2280. The Kier molecular flexibility index (Phi) is 5.16. The molecule has 1 aliphatic carbocycles. The lowest BCUT2D eigenvalue weighted by molar-refractivity contribution is 0.629. The Morgan fingerprint density at radius 3 is 1.56 bits per heavy atom. The Hall–Kier alpha value is -5.87. The van der Waals surface area contributed by atoms with Crippen LogP contribution in [0, 0.1) is 0 Å². The topological polar surface area (TPSA) is 51.8 Å². The summed E-state index contributed by atoms with van der Waals surface area (Å²) in [5.74, 6) is 2.36. The molecule has 0 amide bonds. The molecule has 0 spiro atoms. The lowest BCUT2D eigenvalue weighted by atomic mass is 9.93. The Labute approximate surface area is 248 Å². The molecule has 0 radical (unpaired) electrons. The Balaban J connectivity index is 1.44. The van der Waals surface area contributed by atoms with Gasteiger partial charge in [0.25, 0.3) is 0 Å². The largest absolute Gasteiger partial charge is 0.451 e. The minimum Gasteiger partial charge on any atom is -0.451 e. The highest BCUT2D eigenvalue weighted by molar-refractivity contribution is 6.22. The second-order valence-corrected chi connectivity index (χ2v) is 10.8. The van der Waals surface area contributed by atoms with Gasteiger partial charge in [0, 0.05) is 27.5 Å². The number of aromatic nitrogens is 3. The molecule has 200 valence electrons. The smallest absolute Gasteiger partial charge is 0.200 e. The summed E-state index contributed by atoms with van der Waals surface area (Å²) in [6, 6.07) is 48.0. The number of benzene rings is 6. The highest BCUT2D eigenvalue weighted by atomic mass is 16.3. The quantitative estimate of drug-likeness (QED) is 0.220. The number of fused-ring (bicyclic) bond motifs is 7. The van der Waals surface area contributed by atoms with Crippen LogP contribution >= 0.6 is 0 Å². The van der Waals surface area contributed by atoms with Crippen LogP contribution in [0.3, 0.4) is 0 Å². The van der Waals surface area contributed by atoms with Gasteiger partial charge in [-0.2, -0.15) is 0 Å². The van der Waals surface area contributed by atoms with Gasteiger partial charge in [-0.3, -0.25) is 0 Å². The molecule has 0 fully saturated rings. The lowest BCUT2D eigenvalue weighted by Crippen LogP contribution is -2.00. The van der Waals surface area contributed by atoms with Gasteiger partial charge in [0.2, 0.25) is 5.82 Å². The van der Waals surface area contributed by atoms with Crippen LogP contribution in [-0.4, -0.2) is 15.0 Å². The summed E-state index contributed by atoms with van der Waals surface area (Å²) in [6.07, 6.45) is 0. The molecule has 0 atom stereocenters. The molecule has 0 saturated carbocycles. The highest BCUT2D eigenvalue weighted by Crippen LogP contribution is 2.53. The van der Waals surface area contributed by atoms with Crippen molar-refractivity contribution < 1.29 is 4.42 Å². The second-order valence-electron chi connectivity index (χ2n) is 10.8. The molecule has 0 saturated heterocycles. The summed E-state index contributed by atoms with van der Waals surface area (Å²) in [4.78, 5) is 15.1. The number of hydrogen-bond acceptors (Lipinski definition) is 4. The van der Waals surface area contributed by atoms with E-state index in [9.17, 15) is 0 Å². The van der Waals surface area contributed by atoms with Gasteiger partial charge in [0.15, 0.2) is 17.4 Å². The third-order valence-electron chi connectivity index (χ3n) is 8.29. The first-order valence-corrected chi connectivity index (χ1v) is 14.4. The van der Waals surface area contributed by atoms with E-state index in [0.29, 0.717) is 23.2 Å². The van der Waals surface area contributed by atoms with E-state index in [1.165, 1.54) is 11.1 Å². The standard InChI is InChI=1S/C39H23N3O/c1-3-13-24(14-4-1)37-40-38(25-15-5-2-6-16-25)42-39(41-37)36-33-31-22-12-11-20-29(31)28-19-9-10-21-30(28)32-23-26-17-7-8-18-27(26)35(43-36)34(32)33/h1-23H. The monoisotopic (exact) mass is 549 g/mol. The van der Waals surface area contributed by atoms with E-state index in [4.69, 9.17) is 19.4 Å². The third kappa shape index (κ3) is 3.67. The molecular weight excluding hydrogens is 526 g/mol. The van der Waals surface area contributed by atoms with E-state index in [0.717, 1.165) is 55.1 Å². The number of hydrogen-bond donors (Lipinski definition) is 0. The normalized spacial score (nSPS) is 11.7. The number of furan rings is 1. The van der Waals surface area contributed by atoms with Gasteiger partial charge in [-0.25, -0.2) is 15.0 Å². The zero-order valence-electron chi connectivity index (χ0n) is 23.0. The molecule has 0 unspecified atom stereocenters. The molecule has 2 aromatic heterocycles. The van der Waals surface area contributed by atoms with Crippen LogP contribution in [0.15, 0.2) is 144 Å². The van der Waals surface area contributed by atoms with Gasteiger partial charge >= 0.3 is 0 Å². The van der Waals surface area contributed by atoms with Crippen LogP contribution in [0.2, 0.25) is 0 Å². The zero-order valence-corrected chi connectivity index (χ0v) is 23.0. The predicted octanol–water partition coefficient (Wildman–Crippen LogP) is 10.1.